The van der Waals surface area contributed by atoms with E-state index in [9.17, 15) is 0 Å². The minimum absolute atomic E-state index is 0.0920. The lowest BCUT2D eigenvalue weighted by molar-refractivity contribution is 0.281. The van der Waals surface area contributed by atoms with Crippen molar-refractivity contribution < 1.29 is 5.11 Å². The maximum atomic E-state index is 9.17. The second-order valence-electron chi connectivity index (χ2n) is 3.97. The van der Waals surface area contributed by atoms with Crippen LogP contribution in [0.25, 0.3) is 6.08 Å². The van der Waals surface area contributed by atoms with E-state index in [1.165, 1.54) is 11.1 Å². The van der Waals surface area contributed by atoms with Crippen LogP contribution in [-0.2, 0) is 6.61 Å². The number of rotatable bonds is 3. The summed E-state index contributed by atoms with van der Waals surface area (Å²) in [7, 11) is 0. The second-order valence-corrected chi connectivity index (χ2v) is 3.97. The van der Waals surface area contributed by atoms with Crippen molar-refractivity contribution >= 4 is 6.08 Å². The minimum Gasteiger partial charge on any atom is -0.392 e. The molecule has 0 atom stereocenters. The van der Waals surface area contributed by atoms with Gasteiger partial charge in [-0.15, -0.1) is 0 Å². The van der Waals surface area contributed by atoms with Crippen molar-refractivity contribution in [1.82, 2.24) is 0 Å². The van der Waals surface area contributed by atoms with Gasteiger partial charge in [-0.3, -0.25) is 0 Å². The molecule has 0 unspecified atom stereocenters. The molecule has 1 heteroatoms. The first-order chi connectivity index (χ1) is 7.13. The summed E-state index contributed by atoms with van der Waals surface area (Å²) in [6, 6.07) is 7.90. The van der Waals surface area contributed by atoms with Gasteiger partial charge in [-0.25, -0.2) is 0 Å². The zero-order valence-corrected chi connectivity index (χ0v) is 9.62. The molecular weight excluding hydrogens is 184 g/mol. The fourth-order valence-electron chi connectivity index (χ4n) is 1.56. The van der Waals surface area contributed by atoms with Crippen molar-refractivity contribution in [2.45, 2.75) is 27.4 Å². The van der Waals surface area contributed by atoms with Crippen LogP contribution in [0.4, 0.5) is 0 Å². The molecule has 0 aliphatic heterocycles. The Morgan fingerprint density at radius 1 is 1.20 bits per heavy atom. The van der Waals surface area contributed by atoms with Crippen LogP contribution in [-0.4, -0.2) is 5.11 Å². The minimum atomic E-state index is 0.0920. The smallest absolute Gasteiger partial charge is 0.0687 e. The van der Waals surface area contributed by atoms with Crippen molar-refractivity contribution in [2.24, 2.45) is 0 Å². The van der Waals surface area contributed by atoms with E-state index in [0.717, 1.165) is 11.1 Å². The number of hydrogen-bond donors (Lipinski definition) is 1. The lowest BCUT2D eigenvalue weighted by Crippen LogP contribution is -1.87. The summed E-state index contributed by atoms with van der Waals surface area (Å²) in [4.78, 5) is 0. The van der Waals surface area contributed by atoms with Gasteiger partial charge in [0.2, 0.25) is 0 Å². The molecule has 0 saturated carbocycles. The number of aliphatic hydroxyl groups excluding tert-OH is 1. The van der Waals surface area contributed by atoms with Gasteiger partial charge < -0.3 is 5.11 Å². The molecule has 0 aliphatic carbocycles. The Hall–Kier alpha value is -1.34. The summed E-state index contributed by atoms with van der Waals surface area (Å²) in [5, 5.41) is 9.17. The zero-order chi connectivity index (χ0) is 11.3. The summed E-state index contributed by atoms with van der Waals surface area (Å²) >= 11 is 0. The second kappa shape index (κ2) is 5.52. The van der Waals surface area contributed by atoms with Gasteiger partial charge in [-0.1, -0.05) is 47.6 Å². The molecule has 1 aromatic rings. The van der Waals surface area contributed by atoms with Gasteiger partial charge in [0, 0.05) is 0 Å². The van der Waals surface area contributed by atoms with Crippen molar-refractivity contribution in [3.8, 4) is 0 Å². The molecule has 0 fully saturated rings. The predicted molar refractivity (Wildman–Crippen MR) is 65.4 cm³/mol. The van der Waals surface area contributed by atoms with Gasteiger partial charge in [0.25, 0.3) is 0 Å². The van der Waals surface area contributed by atoms with Crippen molar-refractivity contribution in [2.75, 3.05) is 0 Å². The molecular formula is C14H18O. The third-order valence-corrected chi connectivity index (χ3v) is 2.12. The fraction of sp³-hybridized carbons (Fsp3) is 0.286. The molecule has 0 heterocycles. The maximum absolute atomic E-state index is 9.17. The van der Waals surface area contributed by atoms with Crippen molar-refractivity contribution in [3.05, 3.63) is 52.6 Å². The molecule has 0 spiro atoms. The van der Waals surface area contributed by atoms with E-state index < -0.39 is 0 Å². The number of aliphatic hydroxyl groups is 1. The Morgan fingerprint density at radius 2 is 1.87 bits per heavy atom. The van der Waals surface area contributed by atoms with Crippen LogP contribution < -0.4 is 0 Å². The average molecular weight is 202 g/mol. The Bertz CT molecular complexity index is 382. The highest BCUT2D eigenvalue weighted by atomic mass is 16.3. The van der Waals surface area contributed by atoms with Gasteiger partial charge in [-0.05, 0) is 31.9 Å². The first-order valence-electron chi connectivity index (χ1n) is 5.15. The zero-order valence-electron chi connectivity index (χ0n) is 9.62. The molecule has 1 nitrogen and oxygen atoms in total. The third-order valence-electron chi connectivity index (χ3n) is 2.12. The first-order valence-corrected chi connectivity index (χ1v) is 5.15. The lowest BCUT2D eigenvalue weighted by Gasteiger charge is -2.03. The van der Waals surface area contributed by atoms with Crippen LogP contribution in [0.1, 0.15) is 31.9 Å². The van der Waals surface area contributed by atoms with Gasteiger partial charge in [-0.2, -0.15) is 0 Å². The molecule has 0 saturated heterocycles. The fourth-order valence-corrected chi connectivity index (χ4v) is 1.56. The topological polar surface area (TPSA) is 20.2 Å². The molecule has 15 heavy (non-hydrogen) atoms. The monoisotopic (exact) mass is 202 g/mol. The first kappa shape index (κ1) is 11.7. The highest BCUT2D eigenvalue weighted by Crippen LogP contribution is 2.14. The summed E-state index contributed by atoms with van der Waals surface area (Å²) in [5.74, 6) is 0. The normalized spacial score (nSPS) is 11.3. The highest BCUT2D eigenvalue weighted by molar-refractivity contribution is 5.58. The van der Waals surface area contributed by atoms with E-state index in [-0.39, 0.29) is 6.61 Å². The van der Waals surface area contributed by atoms with Crippen LogP contribution in [0.15, 0.2) is 41.5 Å². The number of benzene rings is 1. The molecule has 1 aromatic carbocycles. The molecule has 0 radical (unpaired) electrons. The van der Waals surface area contributed by atoms with Crippen molar-refractivity contribution in [3.63, 3.8) is 0 Å². The molecule has 1 rings (SSSR count). The molecule has 0 aromatic heterocycles. The predicted octanol–water partition coefficient (Wildman–Crippen LogP) is 3.55. The molecule has 0 amide bonds. The van der Waals surface area contributed by atoms with Crippen molar-refractivity contribution in [1.29, 1.82) is 0 Å². The van der Waals surface area contributed by atoms with E-state index in [0.29, 0.717) is 0 Å². The Labute approximate surface area is 91.8 Å². The standard InChI is InChI=1S/C14H18O/c1-11(2)8-12(3)9-13-6-4-5-7-14(13)10-15/h4-9,15H,10H2,1-3H3/b12-9+. The molecule has 1 N–H and O–H groups in total. The van der Waals surface area contributed by atoms with Crippen LogP contribution >= 0.6 is 0 Å². The van der Waals surface area contributed by atoms with Crippen LogP contribution in [0, 0.1) is 0 Å². The summed E-state index contributed by atoms with van der Waals surface area (Å²) in [5.41, 5.74) is 4.55. The van der Waals surface area contributed by atoms with E-state index in [1.807, 2.05) is 24.3 Å². The van der Waals surface area contributed by atoms with Crippen LogP contribution in [0.3, 0.4) is 0 Å². The van der Waals surface area contributed by atoms with Gasteiger partial charge in [0.15, 0.2) is 0 Å². The molecule has 0 aliphatic rings. The SMILES string of the molecule is CC(C)=C/C(C)=C/c1ccccc1CO. The van der Waals surface area contributed by atoms with Gasteiger partial charge in [0.1, 0.15) is 0 Å². The molecule has 0 bridgehead atoms. The molecule has 80 valence electrons. The Balaban J connectivity index is 3.02. The van der Waals surface area contributed by atoms with Gasteiger partial charge >= 0.3 is 0 Å². The third kappa shape index (κ3) is 3.72. The van der Waals surface area contributed by atoms with Crippen LogP contribution in [0.2, 0.25) is 0 Å². The average Bonchev–Trinajstić information content (AvgIpc) is 2.17. The Morgan fingerprint density at radius 3 is 2.47 bits per heavy atom. The Kier molecular flexibility index (Phi) is 4.32. The van der Waals surface area contributed by atoms with E-state index in [1.54, 1.807) is 0 Å². The van der Waals surface area contributed by atoms with Gasteiger partial charge in [0.05, 0.1) is 6.61 Å². The highest BCUT2D eigenvalue weighted by Gasteiger charge is 1.96. The number of allylic oxidation sites excluding steroid dienone is 3. The quantitative estimate of drug-likeness (QED) is 0.743. The van der Waals surface area contributed by atoms with Crippen LogP contribution in [0.5, 0.6) is 0 Å². The lowest BCUT2D eigenvalue weighted by atomic mass is 10.0. The summed E-state index contributed by atoms with van der Waals surface area (Å²) in [6.07, 6.45) is 4.23. The van der Waals surface area contributed by atoms with E-state index in [4.69, 9.17) is 5.11 Å². The number of hydrogen-bond acceptors (Lipinski definition) is 1. The summed E-state index contributed by atoms with van der Waals surface area (Å²) < 4.78 is 0. The summed E-state index contributed by atoms with van der Waals surface area (Å²) in [6.45, 7) is 6.32. The van der Waals surface area contributed by atoms with E-state index in [2.05, 4.69) is 32.9 Å². The largest absolute Gasteiger partial charge is 0.392 e. The van der Waals surface area contributed by atoms with E-state index >= 15 is 0 Å². The maximum Gasteiger partial charge on any atom is 0.0687 e.